The number of piperidine rings is 1. The average molecular weight is 419 g/mol. The molecule has 0 aromatic carbocycles. The lowest BCUT2D eigenvalue weighted by Crippen LogP contribution is -2.52. The summed E-state index contributed by atoms with van der Waals surface area (Å²) in [5.41, 5.74) is 1.48. The van der Waals surface area contributed by atoms with Crippen molar-refractivity contribution in [1.82, 2.24) is 10.2 Å². The Balaban J connectivity index is 1.09. The third-order valence-electron chi connectivity index (χ3n) is 7.39. The van der Waals surface area contributed by atoms with Gasteiger partial charge in [0.25, 0.3) is 0 Å². The summed E-state index contributed by atoms with van der Waals surface area (Å²) in [6.45, 7) is 7.28. The molecule has 4 heterocycles. The highest BCUT2D eigenvalue weighted by atomic mass is 32.1. The summed E-state index contributed by atoms with van der Waals surface area (Å²) in [7, 11) is 0. The second kappa shape index (κ2) is 8.29. The molecule has 3 fully saturated rings. The molecule has 5 nitrogen and oxygen atoms in total. The van der Waals surface area contributed by atoms with E-state index in [0.717, 1.165) is 83.6 Å². The number of nitrogens with one attached hydrogen (secondary N) is 1. The summed E-state index contributed by atoms with van der Waals surface area (Å²) in [5.74, 6) is 0.827. The number of carbonyl (C=O) groups is 1. The summed E-state index contributed by atoms with van der Waals surface area (Å²) in [6.07, 6.45) is 8.38. The molecule has 0 radical (unpaired) electrons. The largest absolute Gasteiger partial charge is 0.370 e. The van der Waals surface area contributed by atoms with E-state index < -0.39 is 0 Å². The third kappa shape index (κ3) is 4.01. The van der Waals surface area contributed by atoms with Gasteiger partial charge in [0.05, 0.1) is 12.2 Å². The fraction of sp³-hybridized carbons (Fsp3) is 0.783. The van der Waals surface area contributed by atoms with Gasteiger partial charge in [-0.05, 0) is 62.5 Å². The molecule has 1 saturated carbocycles. The molecule has 1 aliphatic carbocycles. The molecule has 1 atom stereocenters. The van der Waals surface area contributed by atoms with Crippen LogP contribution in [0.4, 0.5) is 0 Å². The van der Waals surface area contributed by atoms with Gasteiger partial charge in [0.1, 0.15) is 6.10 Å². The zero-order valence-electron chi connectivity index (χ0n) is 17.6. The van der Waals surface area contributed by atoms with Crippen molar-refractivity contribution in [3.8, 4) is 0 Å². The molecule has 1 amide bonds. The molecule has 4 aliphatic rings. The zero-order valence-corrected chi connectivity index (χ0v) is 18.4. The van der Waals surface area contributed by atoms with Crippen molar-refractivity contribution in [3.05, 3.63) is 21.4 Å². The number of carbonyl (C=O) groups excluding carboxylic acids is 1. The molecule has 3 aliphatic heterocycles. The molecule has 6 heteroatoms. The summed E-state index contributed by atoms with van der Waals surface area (Å²) < 4.78 is 11.9. The first-order chi connectivity index (χ1) is 14.1. The molecule has 1 aromatic rings. The Morgan fingerprint density at radius 1 is 1.31 bits per heavy atom. The second-order valence-electron chi connectivity index (χ2n) is 9.34. The van der Waals surface area contributed by atoms with Gasteiger partial charge in [0.2, 0.25) is 5.91 Å². The highest BCUT2D eigenvalue weighted by Gasteiger charge is 2.43. The molecule has 1 unspecified atom stereocenters. The first-order valence-corrected chi connectivity index (χ1v) is 12.4. The number of amides is 1. The van der Waals surface area contributed by atoms with Crippen molar-refractivity contribution in [3.63, 3.8) is 0 Å². The van der Waals surface area contributed by atoms with Crippen molar-refractivity contribution in [1.29, 1.82) is 0 Å². The van der Waals surface area contributed by atoms with Gasteiger partial charge in [-0.1, -0.05) is 6.92 Å². The number of hydrogen-bond donors (Lipinski definition) is 1. The topological polar surface area (TPSA) is 50.8 Å². The minimum Gasteiger partial charge on any atom is -0.370 e. The van der Waals surface area contributed by atoms with Gasteiger partial charge in [-0.2, -0.15) is 0 Å². The summed E-state index contributed by atoms with van der Waals surface area (Å²) in [4.78, 5) is 17.9. The van der Waals surface area contributed by atoms with Gasteiger partial charge in [-0.15, -0.1) is 11.3 Å². The molecular formula is C23H34N2O3S. The monoisotopic (exact) mass is 418 g/mol. The van der Waals surface area contributed by atoms with Crippen LogP contribution in [0.15, 0.2) is 6.07 Å². The van der Waals surface area contributed by atoms with Crippen LogP contribution < -0.4 is 5.32 Å². The van der Waals surface area contributed by atoms with Crippen LogP contribution in [0.1, 0.15) is 60.8 Å². The highest BCUT2D eigenvalue weighted by molar-refractivity contribution is 7.12. The van der Waals surface area contributed by atoms with Crippen LogP contribution in [0.2, 0.25) is 0 Å². The van der Waals surface area contributed by atoms with Gasteiger partial charge in [0.15, 0.2) is 0 Å². The Labute approximate surface area is 178 Å². The van der Waals surface area contributed by atoms with Crippen LogP contribution in [0.5, 0.6) is 0 Å². The minimum atomic E-state index is -0.196. The van der Waals surface area contributed by atoms with E-state index in [4.69, 9.17) is 9.47 Å². The van der Waals surface area contributed by atoms with Crippen LogP contribution in [0, 0.1) is 5.92 Å². The first-order valence-electron chi connectivity index (χ1n) is 11.6. The number of rotatable bonds is 5. The average Bonchev–Trinajstić information content (AvgIpc) is 3.38. The van der Waals surface area contributed by atoms with Crippen LogP contribution in [-0.2, 0) is 32.7 Å². The molecule has 5 rings (SSSR count). The van der Waals surface area contributed by atoms with Crippen molar-refractivity contribution in [2.45, 2.75) is 76.0 Å². The Morgan fingerprint density at radius 3 is 2.86 bits per heavy atom. The molecule has 1 aromatic heterocycles. The van der Waals surface area contributed by atoms with E-state index in [1.165, 1.54) is 17.0 Å². The molecule has 0 bridgehead atoms. The maximum atomic E-state index is 12.2. The van der Waals surface area contributed by atoms with E-state index in [0.29, 0.717) is 6.04 Å². The van der Waals surface area contributed by atoms with E-state index in [-0.39, 0.29) is 17.6 Å². The molecule has 1 spiro atoms. The summed E-state index contributed by atoms with van der Waals surface area (Å²) >= 11 is 2.00. The van der Waals surface area contributed by atoms with E-state index in [1.807, 2.05) is 11.3 Å². The zero-order chi connectivity index (χ0) is 19.8. The normalized spacial score (nSPS) is 31.4. The SMILES string of the molecule is CCc1cc2c(s1)CCOC21CCN(CC2CC(NC(=O)C3CCCO3)C2)CC1. The van der Waals surface area contributed by atoms with Gasteiger partial charge in [-0.25, -0.2) is 0 Å². The quantitative estimate of drug-likeness (QED) is 0.798. The van der Waals surface area contributed by atoms with Gasteiger partial charge >= 0.3 is 0 Å². The van der Waals surface area contributed by atoms with Crippen molar-refractivity contribution < 1.29 is 14.3 Å². The van der Waals surface area contributed by atoms with Crippen LogP contribution in [0.3, 0.4) is 0 Å². The first kappa shape index (κ1) is 20.0. The predicted octanol–water partition coefficient (Wildman–Crippen LogP) is 3.25. The number of likely N-dealkylation sites (tertiary alicyclic amines) is 1. The smallest absolute Gasteiger partial charge is 0.249 e. The van der Waals surface area contributed by atoms with E-state index in [9.17, 15) is 4.79 Å². The molecular weight excluding hydrogens is 384 g/mol. The van der Waals surface area contributed by atoms with E-state index in [1.54, 1.807) is 4.88 Å². The molecule has 160 valence electrons. The number of thiophene rings is 1. The summed E-state index contributed by atoms with van der Waals surface area (Å²) in [6, 6.07) is 2.79. The maximum Gasteiger partial charge on any atom is 0.249 e. The summed E-state index contributed by atoms with van der Waals surface area (Å²) in [5, 5.41) is 3.19. The Kier molecular flexibility index (Phi) is 5.71. The molecule has 1 N–H and O–H groups in total. The fourth-order valence-corrected chi connectivity index (χ4v) is 6.78. The van der Waals surface area contributed by atoms with Crippen LogP contribution >= 0.6 is 11.3 Å². The lowest BCUT2D eigenvalue weighted by atomic mass is 9.78. The Bertz CT molecular complexity index is 728. The number of nitrogens with zero attached hydrogens (tertiary/aromatic N) is 1. The highest BCUT2D eigenvalue weighted by Crippen LogP contribution is 2.45. The van der Waals surface area contributed by atoms with E-state index in [2.05, 4.69) is 23.2 Å². The van der Waals surface area contributed by atoms with Crippen molar-refractivity contribution in [2.24, 2.45) is 5.92 Å². The van der Waals surface area contributed by atoms with Gasteiger partial charge < -0.3 is 19.7 Å². The second-order valence-corrected chi connectivity index (χ2v) is 10.6. The number of hydrogen-bond acceptors (Lipinski definition) is 5. The Hall–Kier alpha value is -0.950. The standard InChI is InChI=1S/C23H34N2O3S/c1-2-18-14-19-21(29-18)5-11-28-23(19)6-8-25(9-7-23)15-16-12-17(13-16)24-22(26)20-4-3-10-27-20/h14,16-17,20H,2-13,15H2,1H3,(H,24,26). The van der Waals surface area contributed by atoms with Gasteiger partial charge in [-0.3, -0.25) is 4.79 Å². The number of aryl methyl sites for hydroxylation is 1. The van der Waals surface area contributed by atoms with Crippen LogP contribution in [0.25, 0.3) is 0 Å². The number of fused-ring (bicyclic) bond motifs is 2. The number of ether oxygens (including phenoxy) is 2. The van der Waals surface area contributed by atoms with Crippen molar-refractivity contribution >= 4 is 17.2 Å². The lowest BCUT2D eigenvalue weighted by molar-refractivity contribution is -0.131. The maximum absolute atomic E-state index is 12.2. The lowest BCUT2D eigenvalue weighted by Gasteiger charge is -2.46. The molecule has 2 saturated heterocycles. The van der Waals surface area contributed by atoms with Crippen molar-refractivity contribution in [2.75, 3.05) is 32.8 Å². The van der Waals surface area contributed by atoms with Gasteiger partial charge in [0, 0.05) is 48.5 Å². The van der Waals surface area contributed by atoms with E-state index >= 15 is 0 Å². The fourth-order valence-electron chi connectivity index (χ4n) is 5.60. The third-order valence-corrected chi connectivity index (χ3v) is 8.73. The molecule has 29 heavy (non-hydrogen) atoms. The predicted molar refractivity (Wildman–Crippen MR) is 114 cm³/mol. The Morgan fingerprint density at radius 2 is 2.14 bits per heavy atom. The van der Waals surface area contributed by atoms with Crippen LogP contribution in [-0.4, -0.2) is 55.8 Å². The minimum absolute atomic E-state index is 0.0224.